The zero-order valence-electron chi connectivity index (χ0n) is 12.0. The number of hydrogen-bond donors (Lipinski definition) is 1. The Morgan fingerprint density at radius 2 is 2.33 bits per heavy atom. The van der Waals surface area contributed by atoms with Crippen LogP contribution in [0.1, 0.15) is 37.4 Å². The van der Waals surface area contributed by atoms with Gasteiger partial charge in [0.15, 0.2) is 11.0 Å². The fourth-order valence-electron chi connectivity index (χ4n) is 2.08. The van der Waals surface area contributed by atoms with Crippen LogP contribution in [-0.2, 0) is 11.2 Å². The Balaban J connectivity index is 1.60. The predicted molar refractivity (Wildman–Crippen MR) is 78.3 cm³/mol. The normalized spacial score (nSPS) is 14.4. The molecule has 0 spiro atoms. The van der Waals surface area contributed by atoms with Gasteiger partial charge in [-0.3, -0.25) is 4.79 Å². The average Bonchev–Trinajstić information content (AvgIpc) is 3.09. The van der Waals surface area contributed by atoms with Crippen molar-refractivity contribution in [1.82, 2.24) is 19.9 Å². The Morgan fingerprint density at radius 3 is 2.95 bits per heavy atom. The SMILES string of the molecule is CCc1nnc(SCC(=O)Nc2cc(C)on2)n1C1CC1. The van der Waals surface area contributed by atoms with Gasteiger partial charge in [0, 0.05) is 18.5 Å². The Hall–Kier alpha value is -1.83. The molecule has 2 aromatic heterocycles. The van der Waals surface area contributed by atoms with E-state index in [1.807, 2.05) is 0 Å². The number of rotatable bonds is 6. The number of thioether (sulfide) groups is 1. The highest BCUT2D eigenvalue weighted by Crippen LogP contribution is 2.38. The van der Waals surface area contributed by atoms with Gasteiger partial charge >= 0.3 is 0 Å². The summed E-state index contributed by atoms with van der Waals surface area (Å²) in [6.07, 6.45) is 3.19. The second-order valence-corrected chi connectivity index (χ2v) is 5.96. The van der Waals surface area contributed by atoms with Gasteiger partial charge in [0.1, 0.15) is 11.6 Å². The predicted octanol–water partition coefficient (Wildman–Crippen LogP) is 2.20. The molecule has 0 bridgehead atoms. The highest BCUT2D eigenvalue weighted by Gasteiger charge is 2.29. The number of hydrogen-bond acceptors (Lipinski definition) is 6. The van der Waals surface area contributed by atoms with E-state index < -0.39 is 0 Å². The van der Waals surface area contributed by atoms with Crippen LogP contribution in [0.3, 0.4) is 0 Å². The molecule has 3 rings (SSSR count). The lowest BCUT2D eigenvalue weighted by Gasteiger charge is -2.07. The van der Waals surface area contributed by atoms with Crippen LogP contribution in [0, 0.1) is 6.92 Å². The molecule has 112 valence electrons. The lowest BCUT2D eigenvalue weighted by Crippen LogP contribution is -2.15. The van der Waals surface area contributed by atoms with Gasteiger partial charge in [-0.25, -0.2) is 0 Å². The Kier molecular flexibility index (Phi) is 3.96. The van der Waals surface area contributed by atoms with E-state index in [-0.39, 0.29) is 11.7 Å². The first-order valence-corrected chi connectivity index (χ1v) is 7.95. The summed E-state index contributed by atoms with van der Waals surface area (Å²) in [6.45, 7) is 3.85. The lowest BCUT2D eigenvalue weighted by atomic mass is 10.4. The molecular formula is C13H17N5O2S. The van der Waals surface area contributed by atoms with Gasteiger partial charge in [0.25, 0.3) is 0 Å². The van der Waals surface area contributed by atoms with Gasteiger partial charge in [-0.2, -0.15) is 0 Å². The average molecular weight is 307 g/mol. The van der Waals surface area contributed by atoms with Gasteiger partial charge in [-0.05, 0) is 19.8 Å². The molecular weight excluding hydrogens is 290 g/mol. The van der Waals surface area contributed by atoms with Crippen LogP contribution in [0.25, 0.3) is 0 Å². The molecule has 1 amide bonds. The minimum Gasteiger partial charge on any atom is -0.360 e. The van der Waals surface area contributed by atoms with Crippen molar-refractivity contribution in [1.29, 1.82) is 0 Å². The minimum atomic E-state index is -0.128. The van der Waals surface area contributed by atoms with Crippen molar-refractivity contribution in [2.75, 3.05) is 11.1 Å². The first-order valence-electron chi connectivity index (χ1n) is 6.97. The molecule has 1 aliphatic rings. The van der Waals surface area contributed by atoms with Crippen LogP contribution in [0.2, 0.25) is 0 Å². The Morgan fingerprint density at radius 1 is 1.52 bits per heavy atom. The van der Waals surface area contributed by atoms with E-state index >= 15 is 0 Å². The molecule has 7 nitrogen and oxygen atoms in total. The molecule has 0 atom stereocenters. The molecule has 2 heterocycles. The lowest BCUT2D eigenvalue weighted by molar-refractivity contribution is -0.113. The second kappa shape index (κ2) is 5.88. The van der Waals surface area contributed by atoms with E-state index in [1.54, 1.807) is 13.0 Å². The summed E-state index contributed by atoms with van der Waals surface area (Å²) in [6, 6.07) is 2.20. The van der Waals surface area contributed by atoms with Gasteiger partial charge in [0.05, 0.1) is 5.75 Å². The number of carbonyl (C=O) groups excluding carboxylic acids is 1. The number of amides is 1. The third kappa shape index (κ3) is 3.26. The maximum absolute atomic E-state index is 11.9. The smallest absolute Gasteiger partial charge is 0.236 e. The van der Waals surface area contributed by atoms with E-state index in [4.69, 9.17) is 4.52 Å². The van der Waals surface area contributed by atoms with E-state index in [0.717, 1.165) is 17.4 Å². The second-order valence-electron chi connectivity index (χ2n) is 5.01. The molecule has 8 heteroatoms. The van der Waals surface area contributed by atoms with Crippen molar-refractivity contribution in [3.63, 3.8) is 0 Å². The van der Waals surface area contributed by atoms with E-state index in [9.17, 15) is 4.79 Å². The van der Waals surface area contributed by atoms with Crippen LogP contribution in [0.4, 0.5) is 5.82 Å². The van der Waals surface area contributed by atoms with Crippen molar-refractivity contribution in [3.8, 4) is 0 Å². The summed E-state index contributed by atoms with van der Waals surface area (Å²) in [5.41, 5.74) is 0. The summed E-state index contributed by atoms with van der Waals surface area (Å²) >= 11 is 1.40. The van der Waals surface area contributed by atoms with Crippen molar-refractivity contribution in [3.05, 3.63) is 17.7 Å². The van der Waals surface area contributed by atoms with E-state index in [2.05, 4.69) is 32.2 Å². The zero-order chi connectivity index (χ0) is 14.8. The summed E-state index contributed by atoms with van der Waals surface area (Å²) < 4.78 is 7.07. The van der Waals surface area contributed by atoms with Crippen LogP contribution >= 0.6 is 11.8 Å². The number of anilines is 1. The van der Waals surface area contributed by atoms with E-state index in [0.29, 0.717) is 17.6 Å². The molecule has 0 radical (unpaired) electrons. The molecule has 0 unspecified atom stereocenters. The molecule has 0 aromatic carbocycles. The monoisotopic (exact) mass is 307 g/mol. The quantitative estimate of drug-likeness (QED) is 0.823. The number of nitrogens with zero attached hydrogens (tertiary/aromatic N) is 4. The van der Waals surface area contributed by atoms with Crippen LogP contribution in [0.5, 0.6) is 0 Å². The first kappa shape index (κ1) is 14.1. The fraction of sp³-hybridized carbons (Fsp3) is 0.538. The molecule has 0 saturated heterocycles. The number of aromatic nitrogens is 4. The van der Waals surface area contributed by atoms with E-state index in [1.165, 1.54) is 24.6 Å². The van der Waals surface area contributed by atoms with Gasteiger partial charge in [-0.15, -0.1) is 10.2 Å². The van der Waals surface area contributed by atoms with Gasteiger partial charge in [0.2, 0.25) is 5.91 Å². The third-order valence-electron chi connectivity index (χ3n) is 3.19. The fourth-order valence-corrected chi connectivity index (χ4v) is 2.91. The summed E-state index contributed by atoms with van der Waals surface area (Å²) in [7, 11) is 0. The molecule has 1 fully saturated rings. The highest BCUT2D eigenvalue weighted by molar-refractivity contribution is 7.99. The van der Waals surface area contributed by atoms with Crippen LogP contribution in [0.15, 0.2) is 15.7 Å². The standard InChI is InChI=1S/C13H17N5O2S/c1-3-11-15-16-13(18(11)9-4-5-9)21-7-12(19)14-10-6-8(2)20-17-10/h6,9H,3-5,7H2,1-2H3,(H,14,17,19). The summed E-state index contributed by atoms with van der Waals surface area (Å²) in [5, 5.41) is 15.6. The molecule has 21 heavy (non-hydrogen) atoms. The number of carbonyl (C=O) groups is 1. The van der Waals surface area contributed by atoms with Crippen LogP contribution in [-0.4, -0.2) is 31.6 Å². The third-order valence-corrected chi connectivity index (χ3v) is 4.13. The van der Waals surface area contributed by atoms with Crippen molar-refractivity contribution in [2.24, 2.45) is 0 Å². The molecule has 1 N–H and O–H groups in total. The minimum absolute atomic E-state index is 0.128. The van der Waals surface area contributed by atoms with Crippen molar-refractivity contribution >= 4 is 23.5 Å². The first-order chi connectivity index (χ1) is 10.2. The largest absolute Gasteiger partial charge is 0.360 e. The van der Waals surface area contributed by atoms with Crippen molar-refractivity contribution < 1.29 is 9.32 Å². The molecule has 0 aliphatic heterocycles. The van der Waals surface area contributed by atoms with Gasteiger partial charge in [-0.1, -0.05) is 23.8 Å². The molecule has 1 saturated carbocycles. The zero-order valence-corrected chi connectivity index (χ0v) is 12.8. The molecule has 1 aliphatic carbocycles. The maximum atomic E-state index is 11.9. The Bertz CT molecular complexity index is 647. The number of nitrogens with one attached hydrogen (secondary N) is 1. The topological polar surface area (TPSA) is 85.8 Å². The van der Waals surface area contributed by atoms with Crippen LogP contribution < -0.4 is 5.32 Å². The summed E-state index contributed by atoms with van der Waals surface area (Å²) in [5.74, 6) is 2.25. The highest BCUT2D eigenvalue weighted by atomic mass is 32.2. The maximum Gasteiger partial charge on any atom is 0.236 e. The van der Waals surface area contributed by atoms with Gasteiger partial charge < -0.3 is 14.4 Å². The molecule has 2 aromatic rings. The van der Waals surface area contributed by atoms with Crippen molar-refractivity contribution in [2.45, 2.75) is 44.3 Å². The Labute approximate surface area is 126 Å². The number of aryl methyl sites for hydroxylation is 2. The summed E-state index contributed by atoms with van der Waals surface area (Å²) in [4.78, 5) is 11.9.